The fourth-order valence-corrected chi connectivity index (χ4v) is 2.32. The highest BCUT2D eigenvalue weighted by Gasteiger charge is 2.29. The van der Waals surface area contributed by atoms with Crippen LogP contribution >= 0.6 is 11.8 Å². The molecule has 0 bridgehead atoms. The average Bonchev–Trinajstić information content (AvgIpc) is 2.55. The number of nitro groups is 1. The monoisotopic (exact) mass is 259 g/mol. The molecule has 0 saturated heterocycles. The van der Waals surface area contributed by atoms with Gasteiger partial charge in [-0.3, -0.25) is 4.79 Å². The van der Waals surface area contributed by atoms with Crippen molar-refractivity contribution >= 4 is 23.5 Å². The lowest BCUT2D eigenvalue weighted by Crippen LogP contribution is -2.22. The summed E-state index contributed by atoms with van der Waals surface area (Å²) in [6, 6.07) is 0. The van der Waals surface area contributed by atoms with Gasteiger partial charge >= 0.3 is 11.8 Å². The largest absolute Gasteiger partial charge is 0.480 e. The summed E-state index contributed by atoms with van der Waals surface area (Å²) in [5.41, 5.74) is 0. The van der Waals surface area contributed by atoms with E-state index in [9.17, 15) is 14.9 Å². The fraction of sp³-hybridized carbons (Fsp3) is 0.556. The minimum absolute atomic E-state index is 0.132. The summed E-state index contributed by atoms with van der Waals surface area (Å²) in [7, 11) is 1.60. The van der Waals surface area contributed by atoms with Crippen LogP contribution in [0.1, 0.15) is 13.8 Å². The van der Waals surface area contributed by atoms with Gasteiger partial charge in [0.1, 0.15) is 5.25 Å². The fourth-order valence-electron chi connectivity index (χ4n) is 1.26. The van der Waals surface area contributed by atoms with Crippen molar-refractivity contribution in [3.63, 3.8) is 0 Å². The van der Waals surface area contributed by atoms with Crippen LogP contribution in [0.2, 0.25) is 0 Å². The molecule has 7 nitrogen and oxygen atoms in total. The van der Waals surface area contributed by atoms with Crippen LogP contribution in [-0.4, -0.2) is 30.8 Å². The van der Waals surface area contributed by atoms with E-state index in [1.54, 1.807) is 20.9 Å². The molecule has 0 aromatic carbocycles. The molecular formula is C9H13N3O4S. The number of nitrogens with zero attached hydrogens (tertiary/aromatic N) is 3. The van der Waals surface area contributed by atoms with Gasteiger partial charge < -0.3 is 19.8 Å². The van der Waals surface area contributed by atoms with Crippen LogP contribution in [0.4, 0.5) is 5.82 Å². The van der Waals surface area contributed by atoms with E-state index in [0.717, 1.165) is 11.8 Å². The summed E-state index contributed by atoms with van der Waals surface area (Å²) in [6.07, 6.45) is 1.31. The number of carbonyl (C=O) groups is 1. The Morgan fingerprint density at radius 1 is 1.65 bits per heavy atom. The summed E-state index contributed by atoms with van der Waals surface area (Å²) in [6.45, 7) is 3.52. The summed E-state index contributed by atoms with van der Waals surface area (Å²) in [5, 5.41) is 19.3. The zero-order chi connectivity index (χ0) is 13.2. The van der Waals surface area contributed by atoms with Gasteiger partial charge in [0.15, 0.2) is 5.03 Å². The van der Waals surface area contributed by atoms with Crippen molar-refractivity contribution in [2.75, 3.05) is 0 Å². The Bertz CT molecular complexity index is 443. The molecule has 1 rings (SSSR count). The summed E-state index contributed by atoms with van der Waals surface area (Å²) in [5.74, 6) is -1.42. The minimum Gasteiger partial charge on any atom is -0.480 e. The lowest BCUT2D eigenvalue weighted by atomic mass is 10.1. The van der Waals surface area contributed by atoms with Crippen molar-refractivity contribution in [2.24, 2.45) is 13.0 Å². The smallest absolute Gasteiger partial charge is 0.395 e. The first-order chi connectivity index (χ1) is 7.84. The number of imidazole rings is 1. The van der Waals surface area contributed by atoms with Crippen LogP contribution in [0.3, 0.4) is 0 Å². The van der Waals surface area contributed by atoms with E-state index >= 15 is 0 Å². The van der Waals surface area contributed by atoms with Crippen molar-refractivity contribution in [3.05, 3.63) is 16.4 Å². The SMILES string of the molecule is CC(C)C(Sc1c([N+](=O)[O-])ncn1C)C(=O)O. The molecule has 0 aliphatic carbocycles. The molecule has 1 atom stereocenters. The third kappa shape index (κ3) is 2.96. The van der Waals surface area contributed by atoms with E-state index in [-0.39, 0.29) is 16.8 Å². The van der Waals surface area contributed by atoms with Crippen LogP contribution in [0, 0.1) is 16.0 Å². The topological polar surface area (TPSA) is 98.3 Å². The molecule has 1 aromatic rings. The highest BCUT2D eigenvalue weighted by molar-refractivity contribution is 8.00. The number of rotatable bonds is 5. The van der Waals surface area contributed by atoms with Crippen molar-refractivity contribution in [1.82, 2.24) is 9.55 Å². The number of hydrogen-bond acceptors (Lipinski definition) is 5. The first-order valence-electron chi connectivity index (χ1n) is 4.89. The van der Waals surface area contributed by atoms with Crippen molar-refractivity contribution < 1.29 is 14.8 Å². The number of hydrogen-bond donors (Lipinski definition) is 1. The highest BCUT2D eigenvalue weighted by Crippen LogP contribution is 2.33. The van der Waals surface area contributed by atoms with Crippen LogP contribution in [0.25, 0.3) is 0 Å². The van der Waals surface area contributed by atoms with Gasteiger partial charge in [-0.25, -0.2) is 0 Å². The Morgan fingerprint density at radius 3 is 2.65 bits per heavy atom. The number of thioether (sulfide) groups is 1. The Morgan fingerprint density at radius 2 is 2.24 bits per heavy atom. The molecule has 1 N–H and O–H groups in total. The van der Waals surface area contributed by atoms with E-state index < -0.39 is 16.1 Å². The van der Waals surface area contributed by atoms with E-state index in [1.165, 1.54) is 10.9 Å². The molecular weight excluding hydrogens is 246 g/mol. The number of carboxylic acids is 1. The van der Waals surface area contributed by atoms with E-state index in [0.29, 0.717) is 0 Å². The van der Waals surface area contributed by atoms with Gasteiger partial charge in [-0.2, -0.15) is 0 Å². The maximum Gasteiger partial charge on any atom is 0.395 e. The van der Waals surface area contributed by atoms with Gasteiger partial charge in [0.2, 0.25) is 6.33 Å². The summed E-state index contributed by atoms with van der Waals surface area (Å²) in [4.78, 5) is 24.8. The molecule has 0 aliphatic heterocycles. The van der Waals surface area contributed by atoms with Crippen LogP contribution in [0.5, 0.6) is 0 Å². The Balaban J connectivity index is 3.04. The second-order valence-corrected chi connectivity index (χ2v) is 4.99. The lowest BCUT2D eigenvalue weighted by Gasteiger charge is -2.14. The molecule has 0 fully saturated rings. The normalized spacial score (nSPS) is 12.7. The van der Waals surface area contributed by atoms with Crippen molar-refractivity contribution in [3.8, 4) is 0 Å². The quantitative estimate of drug-likeness (QED) is 0.489. The Hall–Kier alpha value is -1.57. The molecule has 8 heteroatoms. The van der Waals surface area contributed by atoms with Gasteiger partial charge in [0.05, 0.1) is 0 Å². The minimum atomic E-state index is -0.986. The molecule has 1 aromatic heterocycles. The molecule has 0 aliphatic rings. The van der Waals surface area contributed by atoms with Gasteiger partial charge in [-0.15, -0.1) is 0 Å². The number of aliphatic carboxylic acids is 1. The number of carboxylic acid groups (broad SMARTS) is 1. The van der Waals surface area contributed by atoms with Crippen LogP contribution < -0.4 is 0 Å². The second kappa shape index (κ2) is 5.17. The van der Waals surface area contributed by atoms with Crippen LogP contribution in [0.15, 0.2) is 11.4 Å². The molecule has 1 unspecified atom stereocenters. The van der Waals surface area contributed by atoms with Crippen molar-refractivity contribution in [2.45, 2.75) is 24.1 Å². The first-order valence-corrected chi connectivity index (χ1v) is 5.77. The predicted octanol–water partition coefficient (Wildman–Crippen LogP) is 1.53. The zero-order valence-electron chi connectivity index (χ0n) is 9.65. The lowest BCUT2D eigenvalue weighted by molar-refractivity contribution is -0.392. The Kier molecular flexibility index (Phi) is 4.11. The van der Waals surface area contributed by atoms with Gasteiger partial charge in [-0.1, -0.05) is 25.6 Å². The molecule has 1 heterocycles. The number of aryl methyl sites for hydroxylation is 1. The maximum atomic E-state index is 11.0. The Labute approximate surface area is 102 Å². The average molecular weight is 259 g/mol. The summed E-state index contributed by atoms with van der Waals surface area (Å²) < 4.78 is 1.46. The van der Waals surface area contributed by atoms with E-state index in [2.05, 4.69) is 4.98 Å². The first kappa shape index (κ1) is 13.5. The van der Waals surface area contributed by atoms with Crippen molar-refractivity contribution in [1.29, 1.82) is 0 Å². The molecule has 17 heavy (non-hydrogen) atoms. The highest BCUT2D eigenvalue weighted by atomic mass is 32.2. The molecule has 0 radical (unpaired) electrons. The molecule has 0 amide bonds. The third-order valence-electron chi connectivity index (χ3n) is 2.13. The molecule has 0 saturated carbocycles. The molecule has 94 valence electrons. The zero-order valence-corrected chi connectivity index (χ0v) is 10.5. The maximum absolute atomic E-state index is 11.0. The van der Waals surface area contributed by atoms with Crippen LogP contribution in [-0.2, 0) is 11.8 Å². The summed E-state index contributed by atoms with van der Waals surface area (Å²) >= 11 is 0.952. The van der Waals surface area contributed by atoms with Gasteiger partial charge in [-0.05, 0) is 15.8 Å². The predicted molar refractivity (Wildman–Crippen MR) is 62.0 cm³/mol. The third-order valence-corrected chi connectivity index (χ3v) is 3.82. The second-order valence-electron chi connectivity index (χ2n) is 3.86. The van der Waals surface area contributed by atoms with E-state index in [4.69, 9.17) is 5.11 Å². The standard InChI is InChI=1S/C9H13N3O4S/c1-5(2)6(9(13)14)17-8-7(12(15)16)10-4-11(8)3/h4-6H,1-3H3,(H,13,14). The van der Waals surface area contributed by atoms with Gasteiger partial charge in [0.25, 0.3) is 0 Å². The molecule has 0 spiro atoms. The van der Waals surface area contributed by atoms with Gasteiger partial charge in [0, 0.05) is 7.05 Å². The van der Waals surface area contributed by atoms with E-state index in [1.807, 2.05) is 0 Å². The number of aromatic nitrogens is 2.